The predicted octanol–water partition coefficient (Wildman–Crippen LogP) is 4.84. The van der Waals surface area contributed by atoms with E-state index in [1.165, 1.54) is 16.0 Å². The molecular weight excluding hydrogens is 402 g/mol. The fraction of sp³-hybridized carbons (Fsp3) is 0.217. The summed E-state index contributed by atoms with van der Waals surface area (Å²) in [6, 6.07) is 17.6. The molecule has 3 nitrogen and oxygen atoms in total. The average Bonchev–Trinajstić information content (AvgIpc) is 3.33. The first-order valence-electron chi connectivity index (χ1n) is 9.16. The Hall–Kier alpha value is -2.46. The van der Waals surface area contributed by atoms with Gasteiger partial charge in [-0.05, 0) is 46.1 Å². The van der Waals surface area contributed by atoms with Crippen LogP contribution in [0.2, 0.25) is 0 Å². The van der Waals surface area contributed by atoms with Crippen molar-refractivity contribution in [3.05, 3.63) is 82.4 Å². The summed E-state index contributed by atoms with van der Waals surface area (Å²) in [7, 11) is 0. The van der Waals surface area contributed by atoms with Crippen molar-refractivity contribution in [1.29, 1.82) is 0 Å². The van der Waals surface area contributed by atoms with Crippen LogP contribution in [0, 0.1) is 23.7 Å². The molecule has 1 heterocycles. The molecule has 4 heteroatoms. The summed E-state index contributed by atoms with van der Waals surface area (Å²) in [5.41, 5.74) is 4.24. The molecule has 0 spiro atoms. The number of rotatable bonds is 2. The van der Waals surface area contributed by atoms with Gasteiger partial charge in [0.25, 0.3) is 0 Å². The molecular formula is C23H18BrNO2. The maximum Gasteiger partial charge on any atom is 0.238 e. The summed E-state index contributed by atoms with van der Waals surface area (Å²) < 4.78 is 0.767. The van der Waals surface area contributed by atoms with Crippen LogP contribution in [-0.2, 0) is 9.59 Å². The van der Waals surface area contributed by atoms with Gasteiger partial charge in [-0.3, -0.25) is 9.59 Å². The van der Waals surface area contributed by atoms with E-state index < -0.39 is 0 Å². The van der Waals surface area contributed by atoms with Crippen LogP contribution in [0.5, 0.6) is 0 Å². The van der Waals surface area contributed by atoms with Gasteiger partial charge in [0.05, 0.1) is 17.5 Å². The van der Waals surface area contributed by atoms with Crippen molar-refractivity contribution < 1.29 is 9.59 Å². The smallest absolute Gasteiger partial charge is 0.238 e. The monoisotopic (exact) mass is 419 g/mol. The summed E-state index contributed by atoms with van der Waals surface area (Å²) in [4.78, 5) is 27.9. The number of carbonyl (C=O) groups is 2. The highest BCUT2D eigenvalue weighted by Crippen LogP contribution is 2.58. The van der Waals surface area contributed by atoms with Crippen LogP contribution in [-0.4, -0.2) is 11.8 Å². The van der Waals surface area contributed by atoms with Gasteiger partial charge in [-0.25, -0.2) is 4.90 Å². The quantitative estimate of drug-likeness (QED) is 0.515. The zero-order valence-electron chi connectivity index (χ0n) is 14.8. The van der Waals surface area contributed by atoms with Crippen LogP contribution in [0.1, 0.15) is 12.5 Å². The molecule has 1 saturated carbocycles. The van der Waals surface area contributed by atoms with Crippen molar-refractivity contribution in [2.24, 2.45) is 23.7 Å². The first kappa shape index (κ1) is 16.7. The van der Waals surface area contributed by atoms with Crippen LogP contribution >= 0.6 is 15.9 Å². The molecule has 5 rings (SSSR count). The van der Waals surface area contributed by atoms with Crippen LogP contribution in [0.25, 0.3) is 5.57 Å². The van der Waals surface area contributed by atoms with Crippen molar-refractivity contribution in [2.45, 2.75) is 6.92 Å². The van der Waals surface area contributed by atoms with Gasteiger partial charge in [0.2, 0.25) is 11.8 Å². The summed E-state index contributed by atoms with van der Waals surface area (Å²) in [5.74, 6) is -0.686. The van der Waals surface area contributed by atoms with E-state index in [4.69, 9.17) is 0 Å². The number of imide groups is 1. The number of carbonyl (C=O) groups excluding carboxylic acids is 2. The third-order valence-electron chi connectivity index (χ3n) is 6.15. The molecule has 3 aliphatic rings. The van der Waals surface area contributed by atoms with Gasteiger partial charge in [0.1, 0.15) is 0 Å². The van der Waals surface area contributed by atoms with Crippen molar-refractivity contribution >= 4 is 39.0 Å². The molecule has 2 bridgehead atoms. The number of hydrogen-bond acceptors (Lipinski definition) is 2. The molecule has 0 N–H and O–H groups in total. The van der Waals surface area contributed by atoms with Crippen molar-refractivity contribution in [3.63, 3.8) is 0 Å². The Labute approximate surface area is 166 Å². The summed E-state index contributed by atoms with van der Waals surface area (Å²) in [6.45, 7) is 2.11. The lowest BCUT2D eigenvalue weighted by atomic mass is 9.85. The number of fused-ring (bicyclic) bond motifs is 5. The van der Waals surface area contributed by atoms with E-state index in [2.05, 4.69) is 47.1 Å². The average molecular weight is 420 g/mol. The lowest BCUT2D eigenvalue weighted by molar-refractivity contribution is -0.122. The van der Waals surface area contributed by atoms with E-state index in [0.29, 0.717) is 5.69 Å². The zero-order valence-corrected chi connectivity index (χ0v) is 16.4. The first-order valence-corrected chi connectivity index (χ1v) is 9.95. The Balaban J connectivity index is 1.58. The Morgan fingerprint density at radius 2 is 1.41 bits per heavy atom. The number of hydrogen-bond donors (Lipinski definition) is 0. The maximum atomic E-state index is 13.3. The predicted molar refractivity (Wildman–Crippen MR) is 109 cm³/mol. The van der Waals surface area contributed by atoms with Crippen molar-refractivity contribution in [1.82, 2.24) is 0 Å². The number of para-hydroxylation sites is 1. The summed E-state index contributed by atoms with van der Waals surface area (Å²) >= 11 is 3.48. The highest BCUT2D eigenvalue weighted by atomic mass is 79.9. The second-order valence-electron chi connectivity index (χ2n) is 7.40. The molecule has 134 valence electrons. The van der Waals surface area contributed by atoms with E-state index in [9.17, 15) is 9.59 Å². The van der Waals surface area contributed by atoms with Crippen LogP contribution < -0.4 is 4.90 Å². The number of amides is 2. The van der Waals surface area contributed by atoms with Gasteiger partial charge in [-0.1, -0.05) is 60.2 Å². The van der Waals surface area contributed by atoms with Gasteiger partial charge >= 0.3 is 0 Å². The summed E-state index contributed by atoms with van der Waals surface area (Å²) in [6.07, 6.45) is 4.25. The molecule has 4 atom stereocenters. The molecule has 2 fully saturated rings. The molecule has 0 unspecified atom stereocenters. The Morgan fingerprint density at radius 3 is 2.00 bits per heavy atom. The zero-order chi connectivity index (χ0) is 18.7. The van der Waals surface area contributed by atoms with Gasteiger partial charge in [0, 0.05) is 16.3 Å². The lowest BCUT2D eigenvalue weighted by Gasteiger charge is -2.21. The highest BCUT2D eigenvalue weighted by Gasteiger charge is 2.62. The number of allylic oxidation sites excluding steroid dienone is 4. The molecule has 27 heavy (non-hydrogen) atoms. The van der Waals surface area contributed by atoms with E-state index in [1.807, 2.05) is 42.5 Å². The third kappa shape index (κ3) is 2.26. The topological polar surface area (TPSA) is 37.4 Å². The van der Waals surface area contributed by atoms with E-state index in [1.54, 1.807) is 0 Å². The van der Waals surface area contributed by atoms with Crippen LogP contribution in [0.4, 0.5) is 5.69 Å². The molecule has 0 radical (unpaired) electrons. The van der Waals surface area contributed by atoms with Gasteiger partial charge < -0.3 is 0 Å². The molecule has 2 aromatic rings. The number of anilines is 1. The Kier molecular flexibility index (Phi) is 3.73. The van der Waals surface area contributed by atoms with E-state index >= 15 is 0 Å². The van der Waals surface area contributed by atoms with Crippen molar-refractivity contribution in [3.8, 4) is 0 Å². The first-order chi connectivity index (χ1) is 13.1. The Bertz CT molecular complexity index is 990. The number of nitrogens with zero attached hydrogens (tertiary/aromatic N) is 1. The normalized spacial score (nSPS) is 28.2. The fourth-order valence-electron chi connectivity index (χ4n) is 4.99. The molecule has 2 aromatic carbocycles. The molecule has 1 aliphatic heterocycles. The minimum Gasteiger partial charge on any atom is -0.274 e. The standard InChI is InChI=1S/C23H18BrNO2/c1-13(14-7-3-2-4-8-14)19-15-11-12-16(19)21-20(15)22(26)25(23(21)27)18-10-6-5-9-17(18)24/h2-12,15-16,20-21H,1H3/t15-,16-,20+,21+/m1/s1. The van der Waals surface area contributed by atoms with Crippen molar-refractivity contribution in [2.75, 3.05) is 4.90 Å². The SMILES string of the molecule is CC(=C1[C@H]2C=C[C@H]1[C@@H]1C(=O)N(c3ccccc3Br)C(=O)[C@H]12)c1ccccc1. The fourth-order valence-corrected chi connectivity index (χ4v) is 5.45. The highest BCUT2D eigenvalue weighted by molar-refractivity contribution is 9.10. The number of halogens is 1. The molecule has 2 aliphatic carbocycles. The number of benzene rings is 2. The minimum absolute atomic E-state index is 0.0177. The maximum absolute atomic E-state index is 13.3. The molecule has 2 amide bonds. The van der Waals surface area contributed by atoms with Gasteiger partial charge in [0.15, 0.2) is 0 Å². The second-order valence-corrected chi connectivity index (χ2v) is 8.25. The summed E-state index contributed by atoms with van der Waals surface area (Å²) in [5, 5.41) is 0. The van der Waals surface area contributed by atoms with E-state index in [-0.39, 0.29) is 35.5 Å². The van der Waals surface area contributed by atoms with Crippen LogP contribution in [0.15, 0.2) is 76.8 Å². The Morgan fingerprint density at radius 1 is 0.852 bits per heavy atom. The second kappa shape index (κ2) is 6.03. The van der Waals surface area contributed by atoms with Crippen LogP contribution in [0.3, 0.4) is 0 Å². The largest absolute Gasteiger partial charge is 0.274 e. The van der Waals surface area contributed by atoms with E-state index in [0.717, 1.165) is 10.0 Å². The molecule has 1 saturated heterocycles. The molecule has 0 aromatic heterocycles. The lowest BCUT2D eigenvalue weighted by Crippen LogP contribution is -2.33. The van der Waals surface area contributed by atoms with Gasteiger partial charge in [-0.2, -0.15) is 0 Å². The third-order valence-corrected chi connectivity index (χ3v) is 6.82. The van der Waals surface area contributed by atoms with Gasteiger partial charge in [-0.15, -0.1) is 0 Å². The minimum atomic E-state index is -0.284.